The van der Waals surface area contributed by atoms with Crippen LogP contribution in [0.5, 0.6) is 5.88 Å². The fraction of sp³-hybridized carbons (Fsp3) is 0.647. The summed E-state index contributed by atoms with van der Waals surface area (Å²) in [6, 6.07) is 3.60. The molecule has 1 aromatic heterocycles. The lowest BCUT2D eigenvalue weighted by Crippen LogP contribution is -2.44. The van der Waals surface area contributed by atoms with Gasteiger partial charge in [-0.1, -0.05) is 6.07 Å². The molecule has 1 atom stereocenters. The van der Waals surface area contributed by atoms with Crippen LogP contribution in [0.15, 0.2) is 23.3 Å². The minimum atomic E-state index is -4.17. The van der Waals surface area contributed by atoms with Crippen molar-refractivity contribution in [3.63, 3.8) is 0 Å². The Balaban J connectivity index is 1.74. The molecule has 0 spiro atoms. The third-order valence-electron chi connectivity index (χ3n) is 4.03. The Hall–Kier alpha value is -2.07. The van der Waals surface area contributed by atoms with Gasteiger partial charge in [0.2, 0.25) is 5.88 Å². The van der Waals surface area contributed by atoms with Crippen LogP contribution in [0.2, 0.25) is 0 Å². The highest BCUT2D eigenvalue weighted by molar-refractivity contribution is 5.80. The highest BCUT2D eigenvalue weighted by atomic mass is 19.4. The van der Waals surface area contributed by atoms with Gasteiger partial charge in [0.25, 0.3) is 0 Å². The Labute approximate surface area is 157 Å². The third kappa shape index (κ3) is 8.00. The van der Waals surface area contributed by atoms with Crippen LogP contribution in [0.1, 0.15) is 12.0 Å². The molecule has 0 amide bonds. The average molecular weight is 389 g/mol. The number of rotatable bonds is 8. The first-order valence-electron chi connectivity index (χ1n) is 8.72. The molecule has 152 valence electrons. The van der Waals surface area contributed by atoms with Gasteiger partial charge in [-0.15, -0.1) is 0 Å². The average Bonchev–Trinajstić information content (AvgIpc) is 3.05. The van der Waals surface area contributed by atoms with Crippen molar-refractivity contribution in [2.45, 2.75) is 25.2 Å². The zero-order valence-electron chi connectivity index (χ0n) is 15.6. The van der Waals surface area contributed by atoms with Gasteiger partial charge in [0.05, 0.1) is 13.2 Å². The molecule has 1 saturated heterocycles. The van der Waals surface area contributed by atoms with E-state index in [-0.39, 0.29) is 6.04 Å². The van der Waals surface area contributed by atoms with Gasteiger partial charge in [-0.3, -0.25) is 9.89 Å². The predicted octanol–water partition coefficient (Wildman–Crippen LogP) is 1.41. The molecule has 0 radical (unpaired) electrons. The maximum absolute atomic E-state index is 12.5. The SMILES string of the molecule is CN=C(NCc1ccc(OCCOC)nc1)NC1CCN(CC(F)(F)F)C1. The molecule has 2 N–H and O–H groups in total. The molecule has 2 rings (SSSR count). The van der Waals surface area contributed by atoms with Crippen molar-refractivity contribution in [1.29, 1.82) is 0 Å². The van der Waals surface area contributed by atoms with E-state index in [0.29, 0.717) is 51.1 Å². The molecule has 1 aliphatic heterocycles. The van der Waals surface area contributed by atoms with Crippen molar-refractivity contribution in [1.82, 2.24) is 20.5 Å². The van der Waals surface area contributed by atoms with Crippen LogP contribution in [0.25, 0.3) is 0 Å². The number of methoxy groups -OCH3 is 1. The number of aromatic nitrogens is 1. The molecule has 27 heavy (non-hydrogen) atoms. The lowest BCUT2D eigenvalue weighted by atomic mass is 10.2. The van der Waals surface area contributed by atoms with E-state index < -0.39 is 12.7 Å². The minimum Gasteiger partial charge on any atom is -0.475 e. The highest BCUT2D eigenvalue weighted by Crippen LogP contribution is 2.19. The van der Waals surface area contributed by atoms with Gasteiger partial charge >= 0.3 is 6.18 Å². The molecule has 7 nitrogen and oxygen atoms in total. The number of guanidine groups is 1. The molecule has 1 unspecified atom stereocenters. The molecular weight excluding hydrogens is 363 g/mol. The summed E-state index contributed by atoms with van der Waals surface area (Å²) in [5.74, 6) is 1.07. The zero-order chi connectivity index (χ0) is 19.7. The summed E-state index contributed by atoms with van der Waals surface area (Å²) in [4.78, 5) is 9.74. The molecule has 0 aromatic carbocycles. The van der Waals surface area contributed by atoms with Gasteiger partial charge in [-0.25, -0.2) is 4.98 Å². The summed E-state index contributed by atoms with van der Waals surface area (Å²) in [5.41, 5.74) is 0.933. The van der Waals surface area contributed by atoms with E-state index in [0.717, 1.165) is 5.56 Å². The summed E-state index contributed by atoms with van der Waals surface area (Å²) >= 11 is 0. The van der Waals surface area contributed by atoms with Crippen molar-refractivity contribution >= 4 is 5.96 Å². The Kier molecular flexibility index (Phi) is 8.11. The van der Waals surface area contributed by atoms with Gasteiger partial charge in [-0.2, -0.15) is 13.2 Å². The fourth-order valence-corrected chi connectivity index (χ4v) is 2.75. The Morgan fingerprint density at radius 3 is 2.81 bits per heavy atom. The van der Waals surface area contributed by atoms with Crippen molar-refractivity contribution in [3.05, 3.63) is 23.9 Å². The fourth-order valence-electron chi connectivity index (χ4n) is 2.75. The van der Waals surface area contributed by atoms with Gasteiger partial charge in [-0.05, 0) is 12.0 Å². The zero-order valence-corrected chi connectivity index (χ0v) is 15.6. The van der Waals surface area contributed by atoms with Crippen LogP contribution >= 0.6 is 0 Å². The Morgan fingerprint density at radius 1 is 1.37 bits per heavy atom. The summed E-state index contributed by atoms with van der Waals surface area (Å²) in [6.07, 6.45) is -1.82. The lowest BCUT2D eigenvalue weighted by Gasteiger charge is -2.19. The maximum atomic E-state index is 12.5. The van der Waals surface area contributed by atoms with Crippen LogP contribution in [-0.2, 0) is 11.3 Å². The van der Waals surface area contributed by atoms with E-state index in [1.807, 2.05) is 6.07 Å². The van der Waals surface area contributed by atoms with Gasteiger partial charge in [0.1, 0.15) is 6.61 Å². The first-order chi connectivity index (χ1) is 12.9. The number of ether oxygens (including phenoxy) is 2. The number of hydrogen-bond donors (Lipinski definition) is 2. The normalized spacial score (nSPS) is 18.6. The standard InChI is InChI=1S/C17H26F3N5O2/c1-21-16(24-14-5-6-25(11-14)12-17(18,19)20)23-10-13-3-4-15(22-9-13)27-8-7-26-2/h3-4,9,14H,5-8,10-12H2,1-2H3,(H2,21,23,24). The molecule has 0 saturated carbocycles. The molecule has 1 aromatic rings. The summed E-state index contributed by atoms with van der Waals surface area (Å²) in [7, 11) is 3.23. The van der Waals surface area contributed by atoms with E-state index in [1.165, 1.54) is 4.90 Å². The molecule has 0 aliphatic carbocycles. The van der Waals surface area contributed by atoms with Crippen molar-refractivity contribution in [2.75, 3.05) is 47.0 Å². The van der Waals surface area contributed by atoms with Crippen molar-refractivity contribution in [2.24, 2.45) is 4.99 Å². The summed E-state index contributed by atoms with van der Waals surface area (Å²) in [6.45, 7) is 1.31. The first-order valence-corrected chi connectivity index (χ1v) is 8.72. The quantitative estimate of drug-likeness (QED) is 0.398. The first kappa shape index (κ1) is 21.2. The number of halogens is 3. The molecule has 0 bridgehead atoms. The summed E-state index contributed by atoms with van der Waals surface area (Å²) in [5, 5.41) is 6.31. The highest BCUT2D eigenvalue weighted by Gasteiger charge is 2.34. The molecule has 1 aliphatic rings. The summed E-state index contributed by atoms with van der Waals surface area (Å²) < 4.78 is 47.7. The molecular formula is C17H26F3N5O2. The van der Waals surface area contributed by atoms with E-state index in [9.17, 15) is 13.2 Å². The van der Waals surface area contributed by atoms with E-state index in [1.54, 1.807) is 26.4 Å². The Bertz CT molecular complexity index is 595. The number of alkyl halides is 3. The van der Waals surface area contributed by atoms with Gasteiger partial charge in [0.15, 0.2) is 5.96 Å². The number of pyridine rings is 1. The largest absolute Gasteiger partial charge is 0.475 e. The van der Waals surface area contributed by atoms with Gasteiger partial charge < -0.3 is 20.1 Å². The molecule has 10 heteroatoms. The van der Waals surface area contributed by atoms with Crippen LogP contribution in [-0.4, -0.2) is 75.1 Å². The topological polar surface area (TPSA) is 71.0 Å². The molecule has 2 heterocycles. The Morgan fingerprint density at radius 2 is 2.19 bits per heavy atom. The maximum Gasteiger partial charge on any atom is 0.401 e. The van der Waals surface area contributed by atoms with E-state index >= 15 is 0 Å². The third-order valence-corrected chi connectivity index (χ3v) is 4.03. The number of nitrogens with one attached hydrogen (secondary N) is 2. The minimum absolute atomic E-state index is 0.0618. The van der Waals surface area contributed by atoms with E-state index in [4.69, 9.17) is 9.47 Å². The molecule has 1 fully saturated rings. The van der Waals surface area contributed by atoms with E-state index in [2.05, 4.69) is 20.6 Å². The smallest absolute Gasteiger partial charge is 0.401 e. The number of hydrogen-bond acceptors (Lipinski definition) is 5. The van der Waals surface area contributed by atoms with Crippen LogP contribution in [0.4, 0.5) is 13.2 Å². The monoisotopic (exact) mass is 389 g/mol. The number of aliphatic imine (C=N–C) groups is 1. The second-order valence-electron chi connectivity index (χ2n) is 6.25. The van der Waals surface area contributed by atoms with Gasteiger partial charge in [0, 0.05) is 52.1 Å². The van der Waals surface area contributed by atoms with Crippen molar-refractivity contribution in [3.8, 4) is 5.88 Å². The van der Waals surface area contributed by atoms with Crippen LogP contribution < -0.4 is 15.4 Å². The number of likely N-dealkylation sites (tertiary alicyclic amines) is 1. The van der Waals surface area contributed by atoms with Crippen molar-refractivity contribution < 1.29 is 22.6 Å². The second-order valence-corrected chi connectivity index (χ2v) is 6.25. The lowest BCUT2D eigenvalue weighted by molar-refractivity contribution is -0.143. The number of nitrogens with zero attached hydrogens (tertiary/aromatic N) is 3. The van der Waals surface area contributed by atoms with Crippen LogP contribution in [0.3, 0.4) is 0 Å². The second kappa shape index (κ2) is 10.3. The predicted molar refractivity (Wildman–Crippen MR) is 95.8 cm³/mol. The van der Waals surface area contributed by atoms with Crippen LogP contribution in [0, 0.1) is 0 Å².